The van der Waals surface area contributed by atoms with E-state index in [0.717, 1.165) is 0 Å². The minimum atomic E-state index is -5.01. The van der Waals surface area contributed by atoms with E-state index in [4.69, 9.17) is 9.11 Å². The normalized spacial score (nSPS) is 12.9. The van der Waals surface area contributed by atoms with Gasteiger partial charge in [-0.3, -0.25) is 13.9 Å². The van der Waals surface area contributed by atoms with Crippen molar-refractivity contribution in [3.8, 4) is 0 Å². The van der Waals surface area contributed by atoms with Gasteiger partial charge in [-0.2, -0.15) is 16.8 Å². The van der Waals surface area contributed by atoms with E-state index < -0.39 is 31.1 Å². The van der Waals surface area contributed by atoms with Crippen LogP contribution in [0.25, 0.3) is 0 Å². The molecule has 0 aliphatic rings. The van der Waals surface area contributed by atoms with Crippen LogP contribution in [0.1, 0.15) is 0 Å². The van der Waals surface area contributed by atoms with Crippen molar-refractivity contribution in [1.82, 2.24) is 0 Å². The van der Waals surface area contributed by atoms with E-state index in [-0.39, 0.29) is 0 Å². The van der Waals surface area contributed by atoms with Crippen molar-refractivity contribution < 1.29 is 30.7 Å². The molecule has 9 heteroatoms. The highest BCUT2D eigenvalue weighted by Crippen LogP contribution is 1.90. The first-order chi connectivity index (χ1) is 4.63. The fourth-order valence-corrected chi connectivity index (χ4v) is 1.56. The Balaban J connectivity index is 4.62. The summed E-state index contributed by atoms with van der Waals surface area (Å²) in [6.45, 7) is 0. The predicted molar refractivity (Wildman–Crippen MR) is 33.0 cm³/mol. The molecule has 7 nitrogen and oxygen atoms in total. The van der Waals surface area contributed by atoms with Crippen molar-refractivity contribution >= 4 is 25.4 Å². The Hall–Kier alpha value is -0.510. The second-order valence-corrected chi connectivity index (χ2v) is 4.43. The van der Waals surface area contributed by atoms with Gasteiger partial charge in [-0.25, -0.2) is 0 Å². The largest absolute Gasteiger partial charge is 0.329 e. The lowest BCUT2D eigenvalue weighted by atomic mass is 10.9. The smallest absolute Gasteiger partial charge is 0.285 e. The van der Waals surface area contributed by atoms with Crippen molar-refractivity contribution in [3.05, 3.63) is 0 Å². The second-order valence-electron chi connectivity index (χ2n) is 1.57. The fraction of sp³-hybridized carbons (Fsp3) is 0.500. The molecule has 0 rings (SSSR count). The van der Waals surface area contributed by atoms with E-state index in [9.17, 15) is 21.6 Å². The van der Waals surface area contributed by atoms with Crippen LogP contribution >= 0.6 is 0 Å². The summed E-state index contributed by atoms with van der Waals surface area (Å²) < 4.78 is 55.2. The van der Waals surface area contributed by atoms with E-state index in [1.165, 1.54) is 0 Å². The van der Waals surface area contributed by atoms with Crippen LogP contribution in [0.2, 0.25) is 0 Å². The van der Waals surface area contributed by atoms with Gasteiger partial charge >= 0.3 is 10.1 Å². The van der Waals surface area contributed by atoms with Crippen LogP contribution in [0.3, 0.4) is 0 Å². The predicted octanol–water partition coefficient (Wildman–Crippen LogP) is -1.71. The Kier molecular flexibility index (Phi) is 2.72. The Labute approximate surface area is 62.5 Å². The van der Waals surface area contributed by atoms with E-state index >= 15 is 0 Å². The van der Waals surface area contributed by atoms with Crippen molar-refractivity contribution in [2.24, 2.45) is 0 Å². The molecule has 0 bridgehead atoms. The summed E-state index contributed by atoms with van der Waals surface area (Å²) in [4.78, 5) is 10.1. The molecule has 0 saturated heterocycles. The number of rotatable bonds is 2. The van der Waals surface area contributed by atoms with Crippen molar-refractivity contribution in [1.29, 1.82) is 0 Å². The molecule has 0 unspecified atom stereocenters. The van der Waals surface area contributed by atoms with Gasteiger partial charge in [-0.1, -0.05) is 0 Å². The van der Waals surface area contributed by atoms with Crippen LogP contribution in [0.5, 0.6) is 0 Å². The van der Waals surface area contributed by atoms with Gasteiger partial charge in [0, 0.05) is 0 Å². The highest BCUT2D eigenvalue weighted by molar-refractivity contribution is 8.03. The second kappa shape index (κ2) is 2.85. The van der Waals surface area contributed by atoms with Gasteiger partial charge in [-0.15, -0.1) is 0 Å². The maximum absolute atomic E-state index is 10.1. The van der Waals surface area contributed by atoms with Gasteiger partial charge in [-0.05, 0) is 0 Å². The highest BCUT2D eigenvalue weighted by atomic mass is 32.2. The summed E-state index contributed by atoms with van der Waals surface area (Å²) in [6, 6.07) is 0. The topological polar surface area (TPSA) is 126 Å². The molecule has 0 aliphatic carbocycles. The lowest BCUT2D eigenvalue weighted by Gasteiger charge is -1.91. The van der Waals surface area contributed by atoms with Crippen LogP contribution in [-0.4, -0.2) is 36.8 Å². The summed E-state index contributed by atoms with van der Waals surface area (Å²) in [6.07, 6.45) is 0. The van der Waals surface area contributed by atoms with Crippen LogP contribution < -0.4 is 0 Å². The van der Waals surface area contributed by atoms with Crippen LogP contribution in [0, 0.1) is 0 Å². The van der Waals surface area contributed by atoms with Gasteiger partial charge < -0.3 is 0 Å². The average molecular weight is 204 g/mol. The summed E-state index contributed by atoms with van der Waals surface area (Å²) in [5, 5.41) is -1.96. The first kappa shape index (κ1) is 10.5. The standard InChI is InChI=1S/C2H4O7S2/c3-2(11(7,8)9)1-10(4,5)6/h1H2,(H,4,5,6)(H,7,8,9). The first-order valence-corrected chi connectivity index (χ1v) is 5.13. The quantitative estimate of drug-likeness (QED) is 0.512. The minimum Gasteiger partial charge on any atom is -0.285 e. The molecule has 0 aromatic carbocycles. The summed E-state index contributed by atoms with van der Waals surface area (Å²) in [7, 11) is -9.71. The number of hydrogen-bond acceptors (Lipinski definition) is 5. The third-order valence-electron chi connectivity index (χ3n) is 0.588. The van der Waals surface area contributed by atoms with Gasteiger partial charge in [0.1, 0.15) is 0 Å². The summed E-state index contributed by atoms with van der Waals surface area (Å²) >= 11 is 0. The maximum Gasteiger partial charge on any atom is 0.329 e. The SMILES string of the molecule is O=C(CS(=O)(=O)O)S(=O)(=O)O. The molecule has 0 spiro atoms. The van der Waals surface area contributed by atoms with Gasteiger partial charge in [0.15, 0.2) is 5.75 Å². The fourth-order valence-electron chi connectivity index (χ4n) is 0.223. The van der Waals surface area contributed by atoms with E-state index in [0.29, 0.717) is 0 Å². The molecular weight excluding hydrogens is 200 g/mol. The molecule has 0 aliphatic heterocycles. The Bertz CT molecular complexity index is 344. The zero-order valence-corrected chi connectivity index (χ0v) is 6.59. The molecule has 0 aromatic rings. The van der Waals surface area contributed by atoms with E-state index in [1.807, 2.05) is 0 Å². The van der Waals surface area contributed by atoms with Crippen molar-refractivity contribution in [2.75, 3.05) is 5.75 Å². The molecule has 0 heterocycles. The molecule has 2 N–H and O–H groups in total. The van der Waals surface area contributed by atoms with E-state index in [2.05, 4.69) is 0 Å². The molecular formula is C2H4O7S2. The summed E-state index contributed by atoms with van der Waals surface area (Å²) in [5.41, 5.74) is 0. The number of carbonyl (C=O) groups is 1. The summed E-state index contributed by atoms with van der Waals surface area (Å²) in [5.74, 6) is -1.63. The molecule has 0 aromatic heterocycles. The maximum atomic E-state index is 10.1. The molecule has 66 valence electrons. The Morgan fingerprint density at radius 1 is 1.09 bits per heavy atom. The molecule has 0 saturated carbocycles. The van der Waals surface area contributed by atoms with Gasteiger partial charge in [0.05, 0.1) is 0 Å². The molecule has 0 amide bonds. The Morgan fingerprint density at radius 3 is 1.55 bits per heavy atom. The lowest BCUT2D eigenvalue weighted by Crippen LogP contribution is -2.22. The average Bonchev–Trinajstić information content (AvgIpc) is 1.56. The number of carbonyl (C=O) groups excluding carboxylic acids is 1. The zero-order valence-electron chi connectivity index (χ0n) is 4.96. The minimum absolute atomic E-state index is 1.63. The third-order valence-corrected chi connectivity index (χ3v) is 2.12. The van der Waals surface area contributed by atoms with Crippen molar-refractivity contribution in [2.45, 2.75) is 0 Å². The monoisotopic (exact) mass is 204 g/mol. The van der Waals surface area contributed by atoms with Gasteiger partial charge in [0.25, 0.3) is 15.2 Å². The molecule has 0 radical (unpaired) electrons. The molecule has 0 atom stereocenters. The van der Waals surface area contributed by atoms with Crippen LogP contribution in [0.15, 0.2) is 0 Å². The lowest BCUT2D eigenvalue weighted by molar-refractivity contribution is -0.110. The van der Waals surface area contributed by atoms with E-state index in [1.54, 1.807) is 0 Å². The highest BCUT2D eigenvalue weighted by Gasteiger charge is 2.24. The van der Waals surface area contributed by atoms with Crippen molar-refractivity contribution in [3.63, 3.8) is 0 Å². The molecule has 0 fully saturated rings. The van der Waals surface area contributed by atoms with Crippen LogP contribution in [-0.2, 0) is 25.0 Å². The zero-order chi connectivity index (χ0) is 9.28. The number of hydrogen-bond donors (Lipinski definition) is 2. The van der Waals surface area contributed by atoms with Gasteiger partial charge in [0.2, 0.25) is 0 Å². The molecule has 11 heavy (non-hydrogen) atoms. The third kappa shape index (κ3) is 4.84. The van der Waals surface area contributed by atoms with Crippen LogP contribution in [0.4, 0.5) is 0 Å². The Morgan fingerprint density at radius 2 is 1.45 bits per heavy atom. The first-order valence-electron chi connectivity index (χ1n) is 2.08.